The molecule has 1 amide bonds. The molecule has 0 bridgehead atoms. The van der Waals surface area contributed by atoms with Crippen molar-refractivity contribution in [3.63, 3.8) is 0 Å². The van der Waals surface area contributed by atoms with Gasteiger partial charge in [0.1, 0.15) is 12.4 Å². The van der Waals surface area contributed by atoms with Crippen LogP contribution in [0, 0.1) is 6.92 Å². The van der Waals surface area contributed by atoms with E-state index in [4.69, 9.17) is 4.74 Å². The number of ether oxygens (including phenoxy) is 1. The van der Waals surface area contributed by atoms with E-state index in [0.717, 1.165) is 11.1 Å². The molecule has 166 valence electrons. The molecule has 0 saturated heterocycles. The van der Waals surface area contributed by atoms with E-state index in [-0.39, 0.29) is 11.5 Å². The fourth-order valence-electron chi connectivity index (χ4n) is 3.29. The van der Waals surface area contributed by atoms with Gasteiger partial charge in [-0.3, -0.25) is 4.79 Å². The highest BCUT2D eigenvalue weighted by Gasteiger charge is 2.27. The van der Waals surface area contributed by atoms with Gasteiger partial charge in [0, 0.05) is 7.05 Å². The second-order valence-corrected chi connectivity index (χ2v) is 8.55. The first-order chi connectivity index (χ1) is 15.9. The Bertz CT molecular complexity index is 1270. The lowest BCUT2D eigenvalue weighted by Crippen LogP contribution is -2.24. The number of carbonyl (C=O) groups is 2. The van der Waals surface area contributed by atoms with Gasteiger partial charge in [-0.25, -0.2) is 4.79 Å². The quantitative estimate of drug-likeness (QED) is 0.500. The molecule has 1 N–H and O–H groups in total. The number of thioether (sulfide) groups is 1. The first-order valence-corrected chi connectivity index (χ1v) is 11.1. The number of carboxylic acids is 1. The number of hydrogen-bond acceptors (Lipinski definition) is 5. The lowest BCUT2D eigenvalue weighted by Gasteiger charge is -2.19. The van der Waals surface area contributed by atoms with Crippen molar-refractivity contribution in [1.29, 1.82) is 0 Å². The van der Waals surface area contributed by atoms with Gasteiger partial charge in [-0.2, -0.15) is 4.99 Å². The van der Waals surface area contributed by atoms with Crippen LogP contribution in [-0.2, 0) is 11.4 Å². The normalized spacial score (nSPS) is 14.3. The minimum atomic E-state index is -1.04. The second-order valence-electron chi connectivity index (χ2n) is 7.54. The van der Waals surface area contributed by atoms with E-state index < -0.39 is 5.97 Å². The maximum absolute atomic E-state index is 12.5. The molecule has 0 spiro atoms. The number of rotatable bonds is 6. The first-order valence-electron chi connectivity index (χ1n) is 10.3. The van der Waals surface area contributed by atoms with Crippen LogP contribution in [0.3, 0.4) is 0 Å². The van der Waals surface area contributed by atoms with Gasteiger partial charge in [-0.15, -0.1) is 0 Å². The number of aliphatic imine (C=N–C) groups is 1. The Kier molecular flexibility index (Phi) is 6.60. The van der Waals surface area contributed by atoms with E-state index in [0.29, 0.717) is 28.1 Å². The smallest absolute Gasteiger partial charge is 0.337 e. The van der Waals surface area contributed by atoms with Crippen LogP contribution >= 0.6 is 11.8 Å². The van der Waals surface area contributed by atoms with Crippen molar-refractivity contribution in [3.05, 3.63) is 100.0 Å². The summed E-state index contributed by atoms with van der Waals surface area (Å²) < 4.78 is 5.90. The molecule has 0 aromatic heterocycles. The lowest BCUT2D eigenvalue weighted by molar-refractivity contribution is -0.113. The highest BCUT2D eigenvalue weighted by Crippen LogP contribution is 2.33. The molecular formula is C26H22N2O4S. The topological polar surface area (TPSA) is 79.2 Å². The van der Waals surface area contributed by atoms with Crippen molar-refractivity contribution < 1.29 is 19.4 Å². The molecule has 1 heterocycles. The summed E-state index contributed by atoms with van der Waals surface area (Å²) in [6, 6.07) is 22.3. The predicted octanol–water partition coefficient (Wildman–Crippen LogP) is 5.38. The largest absolute Gasteiger partial charge is 0.489 e. The van der Waals surface area contributed by atoms with Crippen LogP contribution in [-0.4, -0.2) is 29.2 Å². The van der Waals surface area contributed by atoms with Crippen molar-refractivity contribution in [2.45, 2.75) is 13.5 Å². The summed E-state index contributed by atoms with van der Waals surface area (Å²) in [6.45, 7) is 2.50. The molecule has 0 radical (unpaired) electrons. The molecule has 3 aromatic carbocycles. The number of hydrogen-bond donors (Lipinski definition) is 1. The molecule has 1 aliphatic heterocycles. The first kappa shape index (κ1) is 22.4. The van der Waals surface area contributed by atoms with Gasteiger partial charge in [0.2, 0.25) is 0 Å². The van der Waals surface area contributed by atoms with Crippen molar-refractivity contribution in [1.82, 2.24) is 0 Å². The Morgan fingerprint density at radius 1 is 1.09 bits per heavy atom. The Labute approximate surface area is 196 Å². The van der Waals surface area contributed by atoms with Crippen LogP contribution in [0.1, 0.15) is 27.0 Å². The average Bonchev–Trinajstić information content (AvgIpc) is 3.18. The molecule has 33 heavy (non-hydrogen) atoms. The summed E-state index contributed by atoms with van der Waals surface area (Å²) in [5.74, 6) is -0.694. The highest BCUT2D eigenvalue weighted by molar-refractivity contribution is 8.18. The zero-order valence-electron chi connectivity index (χ0n) is 18.2. The summed E-state index contributed by atoms with van der Waals surface area (Å²) in [5, 5.41) is 9.87. The zero-order valence-corrected chi connectivity index (χ0v) is 19.0. The number of para-hydroxylation sites is 1. The van der Waals surface area contributed by atoms with Gasteiger partial charge in [-0.1, -0.05) is 54.1 Å². The number of nitrogens with zero attached hydrogens (tertiary/aromatic N) is 2. The summed E-state index contributed by atoms with van der Waals surface area (Å²) in [5.41, 5.74) is 3.71. The molecule has 1 aliphatic rings. The minimum Gasteiger partial charge on any atom is -0.489 e. The lowest BCUT2D eigenvalue weighted by atomic mass is 10.1. The maximum Gasteiger partial charge on any atom is 0.337 e. The molecule has 0 aliphatic carbocycles. The number of carboxylic acid groups (broad SMARTS) is 1. The summed E-state index contributed by atoms with van der Waals surface area (Å²) >= 11 is 1.21. The molecule has 7 heteroatoms. The molecular weight excluding hydrogens is 436 g/mol. The summed E-state index contributed by atoms with van der Waals surface area (Å²) in [4.78, 5) is 30.3. The number of benzene rings is 3. The SMILES string of the molecule is Cc1ccc(COc2cccc(/C=C3\SC(N(C)c4ccccc4C(=O)O)=NC3=O)c2)cc1. The second kappa shape index (κ2) is 9.75. The third-order valence-electron chi connectivity index (χ3n) is 5.07. The van der Waals surface area contributed by atoms with Crippen LogP contribution in [0.4, 0.5) is 5.69 Å². The Hall–Kier alpha value is -3.84. The van der Waals surface area contributed by atoms with Crippen molar-refractivity contribution in [2.24, 2.45) is 4.99 Å². The minimum absolute atomic E-state index is 0.145. The molecule has 0 atom stereocenters. The monoisotopic (exact) mass is 458 g/mol. The maximum atomic E-state index is 12.5. The van der Waals surface area contributed by atoms with Gasteiger partial charge >= 0.3 is 5.97 Å². The third kappa shape index (κ3) is 5.32. The van der Waals surface area contributed by atoms with Gasteiger partial charge in [0.25, 0.3) is 5.91 Å². The van der Waals surface area contributed by atoms with Crippen LogP contribution in [0.5, 0.6) is 5.75 Å². The number of aryl methyl sites for hydroxylation is 1. The fraction of sp³-hybridized carbons (Fsp3) is 0.115. The van der Waals surface area contributed by atoms with Crippen LogP contribution in [0.25, 0.3) is 6.08 Å². The van der Waals surface area contributed by atoms with E-state index in [1.807, 2.05) is 55.5 Å². The van der Waals surface area contributed by atoms with Gasteiger partial charge in [0.15, 0.2) is 5.17 Å². The standard InChI is InChI=1S/C26H22N2O4S/c1-17-10-12-18(13-11-17)16-32-20-7-5-6-19(14-20)15-23-24(29)27-26(33-23)28(2)22-9-4-3-8-21(22)25(30)31/h3-15H,16H2,1-2H3,(H,30,31)/b23-15-. The molecule has 3 aromatic rings. The zero-order chi connectivity index (χ0) is 23.4. The van der Waals surface area contributed by atoms with E-state index in [1.165, 1.54) is 23.4 Å². The molecule has 0 saturated carbocycles. The van der Waals surface area contributed by atoms with E-state index >= 15 is 0 Å². The predicted molar refractivity (Wildman–Crippen MR) is 132 cm³/mol. The van der Waals surface area contributed by atoms with Crippen molar-refractivity contribution >= 4 is 40.6 Å². The fourth-order valence-corrected chi connectivity index (χ4v) is 4.18. The van der Waals surface area contributed by atoms with Crippen LogP contribution in [0.15, 0.2) is 82.7 Å². The average molecular weight is 459 g/mol. The van der Waals surface area contributed by atoms with Gasteiger partial charge in [0.05, 0.1) is 16.2 Å². The molecule has 0 unspecified atom stereocenters. The third-order valence-corrected chi connectivity index (χ3v) is 6.13. The van der Waals surface area contributed by atoms with Crippen LogP contribution in [0.2, 0.25) is 0 Å². The van der Waals surface area contributed by atoms with Crippen molar-refractivity contribution in [2.75, 3.05) is 11.9 Å². The summed E-state index contributed by atoms with van der Waals surface area (Å²) in [7, 11) is 1.70. The highest BCUT2D eigenvalue weighted by atomic mass is 32.2. The Morgan fingerprint density at radius 3 is 2.61 bits per heavy atom. The van der Waals surface area contributed by atoms with Crippen LogP contribution < -0.4 is 9.64 Å². The number of carbonyl (C=O) groups excluding carboxylic acids is 1. The van der Waals surface area contributed by atoms with E-state index in [1.54, 1.807) is 36.2 Å². The number of anilines is 1. The van der Waals surface area contributed by atoms with E-state index in [9.17, 15) is 14.7 Å². The van der Waals surface area contributed by atoms with Crippen molar-refractivity contribution in [3.8, 4) is 5.75 Å². The molecule has 0 fully saturated rings. The number of amides is 1. The Balaban J connectivity index is 1.47. The number of aromatic carboxylic acids is 1. The molecule has 6 nitrogen and oxygen atoms in total. The van der Waals surface area contributed by atoms with Gasteiger partial charge in [-0.05, 0) is 60.2 Å². The number of amidine groups is 1. The summed E-state index contributed by atoms with van der Waals surface area (Å²) in [6.07, 6.45) is 1.76. The Morgan fingerprint density at radius 2 is 1.85 bits per heavy atom. The van der Waals surface area contributed by atoms with E-state index in [2.05, 4.69) is 4.99 Å². The molecule has 4 rings (SSSR count). The van der Waals surface area contributed by atoms with Gasteiger partial charge < -0.3 is 14.7 Å².